The maximum absolute atomic E-state index is 12.0. The van der Waals surface area contributed by atoms with Crippen LogP contribution >= 0.6 is 22.6 Å². The van der Waals surface area contributed by atoms with Crippen LogP contribution < -0.4 is 0 Å². The first-order chi connectivity index (χ1) is 11.8. The quantitative estimate of drug-likeness (QED) is 0.333. The highest BCUT2D eigenvalue weighted by atomic mass is 127. The molecule has 0 bridgehead atoms. The predicted octanol–water partition coefficient (Wildman–Crippen LogP) is 5.18. The van der Waals surface area contributed by atoms with Crippen LogP contribution in [0.5, 0.6) is 0 Å². The highest BCUT2D eigenvalue weighted by Gasteiger charge is 2.40. The van der Waals surface area contributed by atoms with Crippen molar-refractivity contribution in [3.8, 4) is 0 Å². The zero-order valence-corrected chi connectivity index (χ0v) is 17.1. The van der Waals surface area contributed by atoms with Crippen LogP contribution in [0.25, 0.3) is 10.8 Å². The van der Waals surface area contributed by atoms with E-state index in [0.29, 0.717) is 6.42 Å². The van der Waals surface area contributed by atoms with E-state index in [0.717, 1.165) is 21.9 Å². The van der Waals surface area contributed by atoms with Crippen molar-refractivity contribution < 1.29 is 5.11 Å². The molecule has 2 nitrogen and oxygen atoms in total. The molecule has 3 heteroatoms. The third-order valence-corrected chi connectivity index (χ3v) is 6.34. The molecule has 0 saturated heterocycles. The lowest BCUT2D eigenvalue weighted by Crippen LogP contribution is -2.43. The minimum absolute atomic E-state index is 0.195. The Hall–Kier alpha value is -1.43. The maximum Gasteiger partial charge on any atom is 0.118 e. The van der Waals surface area contributed by atoms with Crippen molar-refractivity contribution in [2.45, 2.75) is 22.5 Å². The average Bonchev–Trinajstić information content (AvgIpc) is 2.61. The molecule has 0 aliphatic heterocycles. The SMILES string of the molecule is CN(C)C(C)(I)CC(O)(c1ccccc1)c1cccc2ccccc12. The number of alkyl halides is 1. The van der Waals surface area contributed by atoms with Gasteiger partial charge in [-0.1, -0.05) is 95.4 Å². The molecular formula is C22H24INO. The zero-order valence-electron chi connectivity index (χ0n) is 14.9. The molecule has 0 spiro atoms. The van der Waals surface area contributed by atoms with E-state index in [1.165, 1.54) is 0 Å². The Kier molecular flexibility index (Phi) is 5.19. The van der Waals surface area contributed by atoms with Crippen molar-refractivity contribution in [1.29, 1.82) is 0 Å². The summed E-state index contributed by atoms with van der Waals surface area (Å²) in [7, 11) is 4.11. The summed E-state index contributed by atoms with van der Waals surface area (Å²) < 4.78 is -0.195. The van der Waals surface area contributed by atoms with Gasteiger partial charge in [-0.25, -0.2) is 0 Å². The summed E-state index contributed by atoms with van der Waals surface area (Å²) in [6.45, 7) is 2.16. The van der Waals surface area contributed by atoms with Crippen molar-refractivity contribution in [3.05, 3.63) is 83.9 Å². The number of rotatable bonds is 5. The minimum atomic E-state index is -1.07. The molecular weight excluding hydrogens is 421 g/mol. The largest absolute Gasteiger partial charge is 0.380 e. The van der Waals surface area contributed by atoms with Crippen molar-refractivity contribution in [2.24, 2.45) is 0 Å². The van der Waals surface area contributed by atoms with E-state index in [1.54, 1.807) is 0 Å². The first-order valence-corrected chi connectivity index (χ1v) is 9.55. The summed E-state index contributed by atoms with van der Waals surface area (Å²) in [5.74, 6) is 0. The molecule has 1 N–H and O–H groups in total. The van der Waals surface area contributed by atoms with E-state index in [9.17, 15) is 5.11 Å². The normalized spacial score (nSPS) is 16.6. The van der Waals surface area contributed by atoms with E-state index in [1.807, 2.05) is 48.5 Å². The molecule has 0 saturated carbocycles. The number of benzene rings is 3. The molecule has 0 aliphatic rings. The fourth-order valence-electron chi connectivity index (χ4n) is 3.28. The second-order valence-corrected chi connectivity index (χ2v) is 9.29. The Morgan fingerprint density at radius 2 is 1.48 bits per heavy atom. The van der Waals surface area contributed by atoms with Crippen LogP contribution in [0, 0.1) is 0 Å². The minimum Gasteiger partial charge on any atom is -0.380 e. The second-order valence-electron chi connectivity index (χ2n) is 6.97. The van der Waals surface area contributed by atoms with Crippen molar-refractivity contribution in [1.82, 2.24) is 4.90 Å². The van der Waals surface area contributed by atoms with Gasteiger partial charge in [0, 0.05) is 6.42 Å². The number of aliphatic hydroxyl groups is 1. The molecule has 0 aromatic heterocycles. The van der Waals surface area contributed by atoms with Gasteiger partial charge in [0.05, 0.1) is 3.55 Å². The molecule has 0 heterocycles. The monoisotopic (exact) mass is 445 g/mol. The first-order valence-electron chi connectivity index (χ1n) is 8.47. The molecule has 3 aromatic rings. The first kappa shape index (κ1) is 18.4. The molecule has 130 valence electrons. The Bertz CT molecular complexity index is 855. The number of nitrogens with zero attached hydrogens (tertiary/aromatic N) is 1. The third kappa shape index (κ3) is 3.59. The smallest absolute Gasteiger partial charge is 0.118 e. The predicted molar refractivity (Wildman–Crippen MR) is 114 cm³/mol. The number of halogens is 1. The van der Waals surface area contributed by atoms with Crippen molar-refractivity contribution >= 4 is 33.4 Å². The number of hydrogen-bond acceptors (Lipinski definition) is 2. The second kappa shape index (κ2) is 7.06. The molecule has 2 atom stereocenters. The van der Waals surface area contributed by atoms with Crippen LogP contribution in [-0.2, 0) is 5.60 Å². The van der Waals surface area contributed by atoms with Crippen LogP contribution in [0.1, 0.15) is 24.5 Å². The van der Waals surface area contributed by atoms with Gasteiger partial charge in [-0.2, -0.15) is 0 Å². The Labute approximate surface area is 163 Å². The Morgan fingerprint density at radius 3 is 2.16 bits per heavy atom. The maximum atomic E-state index is 12.0. The lowest BCUT2D eigenvalue weighted by molar-refractivity contribution is 0.0438. The van der Waals surface area contributed by atoms with Crippen LogP contribution in [0.3, 0.4) is 0 Å². The van der Waals surface area contributed by atoms with Gasteiger partial charge in [0.1, 0.15) is 5.60 Å². The average molecular weight is 445 g/mol. The van der Waals surface area contributed by atoms with Gasteiger partial charge >= 0.3 is 0 Å². The fourth-order valence-corrected chi connectivity index (χ4v) is 3.83. The van der Waals surface area contributed by atoms with Gasteiger partial charge < -0.3 is 5.11 Å². The van der Waals surface area contributed by atoms with E-state index < -0.39 is 5.60 Å². The van der Waals surface area contributed by atoms with Gasteiger partial charge in [0.2, 0.25) is 0 Å². The van der Waals surface area contributed by atoms with Gasteiger partial charge in [-0.05, 0) is 42.9 Å². The molecule has 25 heavy (non-hydrogen) atoms. The van der Waals surface area contributed by atoms with Crippen LogP contribution in [0.4, 0.5) is 0 Å². The van der Waals surface area contributed by atoms with Gasteiger partial charge in [-0.3, -0.25) is 4.90 Å². The fraction of sp³-hybridized carbons (Fsp3) is 0.273. The zero-order chi connectivity index (χ0) is 18.1. The molecule has 2 unspecified atom stereocenters. The van der Waals surface area contributed by atoms with Gasteiger partial charge in [0.25, 0.3) is 0 Å². The van der Waals surface area contributed by atoms with E-state index in [2.05, 4.69) is 72.8 Å². The van der Waals surface area contributed by atoms with Gasteiger partial charge in [-0.15, -0.1) is 0 Å². The van der Waals surface area contributed by atoms with E-state index >= 15 is 0 Å². The molecule has 0 aliphatic carbocycles. The summed E-state index contributed by atoms with van der Waals surface area (Å²) in [4.78, 5) is 2.16. The molecule has 0 fully saturated rings. The Morgan fingerprint density at radius 1 is 0.880 bits per heavy atom. The summed E-state index contributed by atoms with van der Waals surface area (Å²) in [6, 6.07) is 24.5. The van der Waals surface area contributed by atoms with Crippen LogP contribution in [0.15, 0.2) is 72.8 Å². The van der Waals surface area contributed by atoms with Crippen LogP contribution in [-0.4, -0.2) is 27.6 Å². The molecule has 0 radical (unpaired) electrons. The van der Waals surface area contributed by atoms with E-state index in [4.69, 9.17) is 0 Å². The topological polar surface area (TPSA) is 23.5 Å². The van der Waals surface area contributed by atoms with Gasteiger partial charge in [0.15, 0.2) is 0 Å². The van der Waals surface area contributed by atoms with Crippen molar-refractivity contribution in [3.63, 3.8) is 0 Å². The highest BCUT2D eigenvalue weighted by molar-refractivity contribution is 14.1. The van der Waals surface area contributed by atoms with Crippen LogP contribution in [0.2, 0.25) is 0 Å². The summed E-state index contributed by atoms with van der Waals surface area (Å²) in [5.41, 5.74) is 0.820. The third-order valence-electron chi connectivity index (χ3n) is 5.00. The molecule has 3 aromatic carbocycles. The summed E-state index contributed by atoms with van der Waals surface area (Å²) in [5, 5.41) is 14.3. The molecule has 3 rings (SSSR count). The van der Waals surface area contributed by atoms with Crippen molar-refractivity contribution in [2.75, 3.05) is 14.1 Å². The number of hydrogen-bond donors (Lipinski definition) is 1. The Balaban J connectivity index is 2.24. The highest BCUT2D eigenvalue weighted by Crippen LogP contribution is 2.43. The standard InChI is InChI=1S/C22H24INO/c1-21(23,24(2)3)16-22(25,18-12-5-4-6-13-18)20-15-9-11-17-10-7-8-14-19(17)20/h4-15,25H,16H2,1-3H3. The van der Waals surface area contributed by atoms with E-state index in [-0.39, 0.29) is 3.55 Å². The molecule has 0 amide bonds. The lowest BCUT2D eigenvalue weighted by atomic mass is 9.79. The summed E-state index contributed by atoms with van der Waals surface area (Å²) in [6.07, 6.45) is 0.589. The summed E-state index contributed by atoms with van der Waals surface area (Å²) >= 11 is 2.43. The number of fused-ring (bicyclic) bond motifs is 1. The lowest BCUT2D eigenvalue weighted by Gasteiger charge is -2.40.